The second-order valence-electron chi connectivity index (χ2n) is 5.28. The molecule has 110 valence electrons. The van der Waals surface area contributed by atoms with Gasteiger partial charge in [-0.3, -0.25) is 0 Å². The molecule has 0 aliphatic heterocycles. The van der Waals surface area contributed by atoms with Crippen LogP contribution in [0.2, 0.25) is 0 Å². The first kappa shape index (κ1) is 15.7. The number of aromatic nitrogens is 2. The van der Waals surface area contributed by atoms with Gasteiger partial charge in [0.1, 0.15) is 5.82 Å². The zero-order chi connectivity index (χ0) is 14.7. The number of unbranched alkanes of at least 4 members (excludes halogenated alkanes) is 3. The molecular weight excluding hydrogens is 339 g/mol. The number of nitrogens with one attached hydrogen (secondary N) is 1. The van der Waals surface area contributed by atoms with Crippen molar-refractivity contribution in [2.75, 3.05) is 0 Å². The Balaban J connectivity index is 2.26. The minimum atomic E-state index is -0.251. The Morgan fingerprint density at radius 1 is 1.35 bits per heavy atom. The highest BCUT2D eigenvalue weighted by atomic mass is 79.9. The van der Waals surface area contributed by atoms with Crippen molar-refractivity contribution in [3.05, 3.63) is 27.2 Å². The van der Waals surface area contributed by atoms with Crippen LogP contribution in [-0.4, -0.2) is 9.55 Å². The number of H-pyrrole nitrogens is 1. The molecule has 0 fully saturated rings. The third kappa shape index (κ3) is 3.31. The average Bonchev–Trinajstić information content (AvgIpc) is 2.70. The normalized spacial score (nSPS) is 13.0. The summed E-state index contributed by atoms with van der Waals surface area (Å²) in [7, 11) is 0. The maximum Gasteiger partial charge on any atom is 0.178 e. The van der Waals surface area contributed by atoms with Gasteiger partial charge in [0, 0.05) is 12.1 Å². The Labute approximate surface area is 132 Å². The molecule has 0 amide bonds. The van der Waals surface area contributed by atoms with Crippen LogP contribution in [0.1, 0.15) is 52.0 Å². The van der Waals surface area contributed by atoms with Crippen molar-refractivity contribution in [2.45, 2.75) is 52.0 Å². The third-order valence-corrected chi connectivity index (χ3v) is 4.58. The van der Waals surface area contributed by atoms with Gasteiger partial charge in [0.25, 0.3) is 0 Å². The van der Waals surface area contributed by atoms with E-state index in [0.29, 0.717) is 9.24 Å². The van der Waals surface area contributed by atoms with Crippen LogP contribution in [0.4, 0.5) is 4.39 Å². The number of aromatic amines is 1. The van der Waals surface area contributed by atoms with Crippen LogP contribution in [-0.2, 0) is 0 Å². The fraction of sp³-hybridized carbons (Fsp3) is 0.533. The lowest BCUT2D eigenvalue weighted by Gasteiger charge is -2.14. The van der Waals surface area contributed by atoms with Crippen molar-refractivity contribution in [3.63, 3.8) is 0 Å². The number of nitrogens with zero attached hydrogens (tertiary/aromatic N) is 1. The molecule has 0 aliphatic carbocycles. The van der Waals surface area contributed by atoms with Crippen LogP contribution in [0.5, 0.6) is 0 Å². The Morgan fingerprint density at radius 3 is 2.80 bits per heavy atom. The molecule has 2 nitrogen and oxygen atoms in total. The van der Waals surface area contributed by atoms with Crippen molar-refractivity contribution >= 4 is 39.2 Å². The van der Waals surface area contributed by atoms with E-state index < -0.39 is 0 Å². The van der Waals surface area contributed by atoms with Gasteiger partial charge in [-0.2, -0.15) is 0 Å². The third-order valence-electron chi connectivity index (χ3n) is 3.67. The monoisotopic (exact) mass is 358 g/mol. The smallest absolute Gasteiger partial charge is 0.178 e. The summed E-state index contributed by atoms with van der Waals surface area (Å²) in [6.45, 7) is 4.36. The molecule has 2 rings (SSSR count). The molecule has 0 radical (unpaired) electrons. The molecule has 0 bridgehead atoms. The van der Waals surface area contributed by atoms with Gasteiger partial charge in [-0.1, -0.05) is 32.6 Å². The minimum Gasteiger partial charge on any atom is -0.331 e. The lowest BCUT2D eigenvalue weighted by molar-refractivity contribution is 0.477. The summed E-state index contributed by atoms with van der Waals surface area (Å²) in [4.78, 5) is 3.16. The molecule has 1 heterocycles. The Hall–Kier alpha value is -0.680. The van der Waals surface area contributed by atoms with Gasteiger partial charge < -0.3 is 9.55 Å². The molecule has 1 aromatic carbocycles. The Morgan fingerprint density at radius 2 is 2.10 bits per heavy atom. The van der Waals surface area contributed by atoms with Gasteiger partial charge in [0.2, 0.25) is 0 Å². The second-order valence-corrected chi connectivity index (χ2v) is 6.52. The van der Waals surface area contributed by atoms with Gasteiger partial charge in [0.05, 0.1) is 15.5 Å². The predicted octanol–water partition coefficient (Wildman–Crippen LogP) is 6.13. The van der Waals surface area contributed by atoms with Crippen molar-refractivity contribution in [1.29, 1.82) is 0 Å². The highest BCUT2D eigenvalue weighted by Gasteiger charge is 2.13. The molecule has 0 saturated heterocycles. The van der Waals surface area contributed by atoms with Crippen molar-refractivity contribution < 1.29 is 4.39 Å². The molecule has 0 saturated carbocycles. The maximum absolute atomic E-state index is 13.7. The van der Waals surface area contributed by atoms with E-state index in [4.69, 9.17) is 12.2 Å². The van der Waals surface area contributed by atoms with Crippen LogP contribution in [0.25, 0.3) is 11.0 Å². The molecule has 1 unspecified atom stereocenters. The first-order valence-electron chi connectivity index (χ1n) is 7.13. The predicted molar refractivity (Wildman–Crippen MR) is 88.3 cm³/mol. The number of halogens is 2. The van der Waals surface area contributed by atoms with Gasteiger partial charge in [-0.05, 0) is 47.6 Å². The number of rotatable bonds is 6. The summed E-state index contributed by atoms with van der Waals surface area (Å²) in [5, 5.41) is 0. The lowest BCUT2D eigenvalue weighted by atomic mass is 10.1. The van der Waals surface area contributed by atoms with E-state index >= 15 is 0 Å². The second kappa shape index (κ2) is 6.85. The summed E-state index contributed by atoms with van der Waals surface area (Å²) in [5.41, 5.74) is 1.72. The fourth-order valence-corrected chi connectivity index (χ4v) is 3.29. The summed E-state index contributed by atoms with van der Waals surface area (Å²) in [6.07, 6.45) is 6.01. The van der Waals surface area contributed by atoms with E-state index in [1.54, 1.807) is 12.1 Å². The van der Waals surface area contributed by atoms with Crippen molar-refractivity contribution in [1.82, 2.24) is 9.55 Å². The quantitative estimate of drug-likeness (QED) is 0.486. The lowest BCUT2D eigenvalue weighted by Crippen LogP contribution is -2.05. The molecule has 1 N–H and O–H groups in total. The van der Waals surface area contributed by atoms with Gasteiger partial charge in [-0.15, -0.1) is 0 Å². The topological polar surface area (TPSA) is 20.7 Å². The van der Waals surface area contributed by atoms with Crippen LogP contribution in [0.3, 0.4) is 0 Å². The summed E-state index contributed by atoms with van der Waals surface area (Å²) in [5.74, 6) is -0.251. The molecule has 0 aliphatic rings. The molecule has 5 heteroatoms. The highest BCUT2D eigenvalue weighted by Crippen LogP contribution is 2.27. The molecule has 1 aromatic heterocycles. The van der Waals surface area contributed by atoms with E-state index in [1.165, 1.54) is 25.7 Å². The van der Waals surface area contributed by atoms with Crippen LogP contribution >= 0.6 is 28.1 Å². The zero-order valence-electron chi connectivity index (χ0n) is 11.9. The van der Waals surface area contributed by atoms with Gasteiger partial charge in [0.15, 0.2) is 4.77 Å². The molecule has 2 aromatic rings. The van der Waals surface area contributed by atoms with E-state index in [-0.39, 0.29) is 11.9 Å². The fourth-order valence-electron chi connectivity index (χ4n) is 2.55. The zero-order valence-corrected chi connectivity index (χ0v) is 14.3. The Bertz CT molecular complexity index is 647. The summed E-state index contributed by atoms with van der Waals surface area (Å²) >= 11 is 8.60. The number of hydrogen-bond donors (Lipinski definition) is 1. The number of benzene rings is 1. The summed E-state index contributed by atoms with van der Waals surface area (Å²) in [6, 6.07) is 3.59. The van der Waals surface area contributed by atoms with E-state index in [9.17, 15) is 4.39 Å². The van der Waals surface area contributed by atoms with Gasteiger partial charge in [-0.25, -0.2) is 4.39 Å². The first-order valence-corrected chi connectivity index (χ1v) is 8.34. The highest BCUT2D eigenvalue weighted by molar-refractivity contribution is 9.10. The molecule has 1 atom stereocenters. The van der Waals surface area contributed by atoms with E-state index in [1.807, 2.05) is 4.57 Å². The van der Waals surface area contributed by atoms with Crippen molar-refractivity contribution in [2.24, 2.45) is 0 Å². The maximum atomic E-state index is 13.7. The summed E-state index contributed by atoms with van der Waals surface area (Å²) < 4.78 is 16.9. The molecule has 0 spiro atoms. The molecule has 20 heavy (non-hydrogen) atoms. The first-order chi connectivity index (χ1) is 9.54. The standard InChI is InChI=1S/C15H20BrFN2S/c1-3-4-5-6-7-10(2)19-14-9-12(17)11(16)8-13(14)18-15(19)20/h8-10H,3-7H2,1-2H3,(H,18,20). The SMILES string of the molecule is CCCCCCC(C)n1c(=S)[nH]c2cc(Br)c(F)cc21. The van der Waals surface area contributed by atoms with Crippen molar-refractivity contribution in [3.8, 4) is 0 Å². The number of imidazole rings is 1. The Kier molecular flexibility index (Phi) is 5.38. The van der Waals surface area contributed by atoms with E-state index in [0.717, 1.165) is 17.5 Å². The minimum absolute atomic E-state index is 0.251. The largest absolute Gasteiger partial charge is 0.331 e. The average molecular weight is 359 g/mol. The van der Waals surface area contributed by atoms with Gasteiger partial charge >= 0.3 is 0 Å². The van der Waals surface area contributed by atoms with Crippen LogP contribution < -0.4 is 0 Å². The van der Waals surface area contributed by atoms with E-state index in [2.05, 4.69) is 34.8 Å². The van der Waals surface area contributed by atoms with Crippen LogP contribution in [0.15, 0.2) is 16.6 Å². The van der Waals surface area contributed by atoms with Crippen LogP contribution in [0, 0.1) is 10.6 Å². The molecular formula is C15H20BrFN2S. The number of fused-ring (bicyclic) bond motifs is 1. The number of hydrogen-bond acceptors (Lipinski definition) is 1.